The van der Waals surface area contributed by atoms with Crippen LogP contribution in [0.4, 0.5) is 0 Å². The average Bonchev–Trinajstić information content (AvgIpc) is 3.11. The minimum atomic E-state index is 0.410. The van der Waals surface area contributed by atoms with Gasteiger partial charge in [0.2, 0.25) is 0 Å². The first-order valence-corrected chi connectivity index (χ1v) is 11.1. The summed E-state index contributed by atoms with van der Waals surface area (Å²) in [7, 11) is 0. The van der Waals surface area contributed by atoms with Gasteiger partial charge >= 0.3 is 0 Å². The van der Waals surface area contributed by atoms with Gasteiger partial charge in [-0.25, -0.2) is 0 Å². The number of nitriles is 1. The third-order valence-electron chi connectivity index (χ3n) is 9.72. The second-order valence-electron chi connectivity index (χ2n) is 10.5. The Hall–Kier alpha value is -0.710. The van der Waals surface area contributed by atoms with Gasteiger partial charge in [0.1, 0.15) is 0 Å². The molecule has 140 valence electrons. The van der Waals surface area contributed by atoms with E-state index in [9.17, 15) is 5.26 Å². The Morgan fingerprint density at radius 2 is 1.80 bits per heavy atom. The Bertz CT molecular complexity index is 551. The Balaban J connectivity index is 1.58. The van der Waals surface area contributed by atoms with Crippen LogP contribution in [0.5, 0.6) is 0 Å². The van der Waals surface area contributed by atoms with Gasteiger partial charge in [-0.05, 0) is 85.4 Å². The lowest BCUT2D eigenvalue weighted by atomic mass is 9.48. The molecule has 4 fully saturated rings. The highest BCUT2D eigenvalue weighted by molar-refractivity contribution is 5.13. The van der Waals surface area contributed by atoms with Crippen molar-refractivity contribution in [2.75, 3.05) is 6.54 Å². The lowest BCUT2D eigenvalue weighted by Gasteiger charge is -2.58. The smallest absolute Gasteiger partial charge is 0.179 e. The van der Waals surface area contributed by atoms with Crippen molar-refractivity contribution < 1.29 is 0 Å². The molecule has 2 nitrogen and oxygen atoms in total. The molecule has 1 saturated heterocycles. The third kappa shape index (κ3) is 2.40. The van der Waals surface area contributed by atoms with E-state index in [1.165, 1.54) is 57.8 Å². The van der Waals surface area contributed by atoms with Gasteiger partial charge in [-0.2, -0.15) is 5.26 Å². The fourth-order valence-corrected chi connectivity index (χ4v) is 8.57. The van der Waals surface area contributed by atoms with E-state index in [2.05, 4.69) is 38.8 Å². The molecule has 4 aliphatic rings. The minimum absolute atomic E-state index is 0.410. The first kappa shape index (κ1) is 17.7. The zero-order valence-corrected chi connectivity index (χ0v) is 16.9. The summed E-state index contributed by atoms with van der Waals surface area (Å²) in [6, 6.07) is 0.541. The van der Waals surface area contributed by atoms with Gasteiger partial charge in [0, 0.05) is 12.6 Å². The van der Waals surface area contributed by atoms with Crippen LogP contribution in [0.1, 0.15) is 85.5 Å². The first-order valence-electron chi connectivity index (χ1n) is 11.1. The van der Waals surface area contributed by atoms with Gasteiger partial charge in [-0.3, -0.25) is 0 Å². The van der Waals surface area contributed by atoms with E-state index in [0.717, 1.165) is 36.1 Å². The number of rotatable bonds is 3. The number of hydrogen-bond donors (Lipinski definition) is 0. The molecule has 0 aromatic carbocycles. The second kappa shape index (κ2) is 6.17. The SMILES string of the molecule is CCCC(C)C1CCC2C3CCC4N(C#N)CCC4(C)C3CCC12C. The highest BCUT2D eigenvalue weighted by Crippen LogP contribution is 2.67. The molecule has 3 saturated carbocycles. The van der Waals surface area contributed by atoms with Crippen LogP contribution in [-0.4, -0.2) is 17.5 Å². The van der Waals surface area contributed by atoms with E-state index in [1.54, 1.807) is 0 Å². The van der Waals surface area contributed by atoms with Crippen molar-refractivity contribution in [3.05, 3.63) is 0 Å². The predicted molar refractivity (Wildman–Crippen MR) is 103 cm³/mol. The van der Waals surface area contributed by atoms with E-state index in [0.29, 0.717) is 16.9 Å². The summed E-state index contributed by atoms with van der Waals surface area (Å²) in [5.74, 6) is 4.65. The summed E-state index contributed by atoms with van der Waals surface area (Å²) in [4.78, 5) is 2.13. The van der Waals surface area contributed by atoms with Crippen LogP contribution < -0.4 is 0 Å². The van der Waals surface area contributed by atoms with Crippen molar-refractivity contribution in [2.45, 2.75) is 91.5 Å². The lowest BCUT2D eigenvalue weighted by molar-refractivity contribution is -0.0843. The first-order chi connectivity index (χ1) is 12.0. The van der Waals surface area contributed by atoms with Crippen molar-refractivity contribution in [3.8, 4) is 6.19 Å². The monoisotopic (exact) mass is 342 g/mol. The summed E-state index contributed by atoms with van der Waals surface area (Å²) >= 11 is 0. The van der Waals surface area contributed by atoms with E-state index in [-0.39, 0.29) is 0 Å². The number of fused-ring (bicyclic) bond motifs is 5. The van der Waals surface area contributed by atoms with Crippen LogP contribution in [0.3, 0.4) is 0 Å². The average molecular weight is 343 g/mol. The zero-order chi connectivity index (χ0) is 17.8. The van der Waals surface area contributed by atoms with Crippen LogP contribution in [0.15, 0.2) is 0 Å². The second-order valence-corrected chi connectivity index (χ2v) is 10.5. The maximum Gasteiger partial charge on any atom is 0.179 e. The van der Waals surface area contributed by atoms with Crippen molar-refractivity contribution in [3.63, 3.8) is 0 Å². The normalized spacial score (nSPS) is 49.9. The summed E-state index contributed by atoms with van der Waals surface area (Å²) in [5, 5.41) is 9.53. The molecule has 1 heterocycles. The van der Waals surface area contributed by atoms with Crippen molar-refractivity contribution in [1.29, 1.82) is 5.26 Å². The number of hydrogen-bond acceptors (Lipinski definition) is 2. The molecule has 8 atom stereocenters. The van der Waals surface area contributed by atoms with E-state index < -0.39 is 0 Å². The Morgan fingerprint density at radius 3 is 2.52 bits per heavy atom. The molecule has 4 rings (SSSR count). The third-order valence-corrected chi connectivity index (χ3v) is 9.72. The molecule has 3 aliphatic carbocycles. The summed E-state index contributed by atoms with van der Waals surface area (Å²) in [6.45, 7) is 11.1. The molecule has 0 radical (unpaired) electrons. The Labute approximate surface area is 155 Å². The maximum absolute atomic E-state index is 9.53. The van der Waals surface area contributed by atoms with E-state index in [1.807, 2.05) is 0 Å². The Kier molecular flexibility index (Phi) is 4.37. The molecule has 25 heavy (non-hydrogen) atoms. The zero-order valence-electron chi connectivity index (χ0n) is 16.9. The minimum Gasteiger partial charge on any atom is -0.307 e. The van der Waals surface area contributed by atoms with Crippen molar-refractivity contribution >= 4 is 0 Å². The molecule has 0 aromatic heterocycles. The van der Waals surface area contributed by atoms with Crippen LogP contribution in [0, 0.1) is 51.9 Å². The molecule has 0 aromatic rings. The van der Waals surface area contributed by atoms with Gasteiger partial charge in [0.15, 0.2) is 6.19 Å². The van der Waals surface area contributed by atoms with Gasteiger partial charge in [0.25, 0.3) is 0 Å². The molecule has 0 amide bonds. The van der Waals surface area contributed by atoms with E-state index >= 15 is 0 Å². The molecule has 0 N–H and O–H groups in total. The van der Waals surface area contributed by atoms with Crippen LogP contribution in [0.2, 0.25) is 0 Å². The fraction of sp³-hybridized carbons (Fsp3) is 0.957. The van der Waals surface area contributed by atoms with Gasteiger partial charge in [-0.1, -0.05) is 40.5 Å². The summed E-state index contributed by atoms with van der Waals surface area (Å²) in [5.41, 5.74) is 1.01. The molecule has 2 heteroatoms. The van der Waals surface area contributed by atoms with Crippen molar-refractivity contribution in [1.82, 2.24) is 4.90 Å². The number of likely N-dealkylation sites (tertiary alicyclic amines) is 1. The summed E-state index contributed by atoms with van der Waals surface area (Å²) < 4.78 is 0. The fourth-order valence-electron chi connectivity index (χ4n) is 8.57. The largest absolute Gasteiger partial charge is 0.307 e. The van der Waals surface area contributed by atoms with Crippen molar-refractivity contribution in [2.24, 2.45) is 40.4 Å². The predicted octanol–water partition coefficient (Wildman–Crippen LogP) is 5.84. The molecule has 0 bridgehead atoms. The van der Waals surface area contributed by atoms with Gasteiger partial charge in [0.05, 0.1) is 0 Å². The topological polar surface area (TPSA) is 27.0 Å². The molecule has 1 aliphatic heterocycles. The maximum atomic E-state index is 9.53. The van der Waals surface area contributed by atoms with Gasteiger partial charge in [-0.15, -0.1) is 0 Å². The Morgan fingerprint density at radius 1 is 1.04 bits per heavy atom. The van der Waals surface area contributed by atoms with E-state index in [4.69, 9.17) is 0 Å². The van der Waals surface area contributed by atoms with Crippen LogP contribution >= 0.6 is 0 Å². The highest BCUT2D eigenvalue weighted by Gasteiger charge is 2.61. The number of nitrogens with zero attached hydrogens (tertiary/aromatic N) is 2. The lowest BCUT2D eigenvalue weighted by Crippen LogP contribution is -2.54. The summed E-state index contributed by atoms with van der Waals surface area (Å²) in [6.07, 6.45) is 15.0. The quantitative estimate of drug-likeness (QED) is 0.603. The standard InChI is InChI=1S/C23H38N2/c1-5-6-16(2)18-8-9-19-17-7-10-21-23(4,13-14-25(21)15-24)20(17)11-12-22(18,19)3/h16-21H,5-14H2,1-4H3. The van der Waals surface area contributed by atoms with Crippen LogP contribution in [-0.2, 0) is 0 Å². The van der Waals surface area contributed by atoms with Crippen LogP contribution in [0.25, 0.3) is 0 Å². The molecular formula is C23H38N2. The highest BCUT2D eigenvalue weighted by atomic mass is 15.2. The van der Waals surface area contributed by atoms with Gasteiger partial charge < -0.3 is 4.90 Å². The molecule has 8 unspecified atom stereocenters. The molecule has 0 spiro atoms. The molecular weight excluding hydrogens is 304 g/mol.